The number of aryl methyl sites for hydroxylation is 5. The molecule has 0 radical (unpaired) electrons. The fraction of sp³-hybridized carbons (Fsp3) is 0.588. The number of para-hydroxylation sites is 2. The van der Waals surface area contributed by atoms with Crippen LogP contribution in [-0.4, -0.2) is 38.1 Å². The maximum absolute atomic E-state index is 6.04. The minimum atomic E-state index is -1.08. The summed E-state index contributed by atoms with van der Waals surface area (Å²) in [4.78, 5) is 0. The fourth-order valence-corrected chi connectivity index (χ4v) is 16.0. The summed E-state index contributed by atoms with van der Waals surface area (Å²) in [5.74, 6) is 15.1. The first kappa shape index (κ1) is 145. The highest BCUT2D eigenvalue weighted by Crippen LogP contribution is 2.37. The highest BCUT2D eigenvalue weighted by Gasteiger charge is 2.32. The molecule has 6 aromatic carbocycles. The number of methoxy groups -OCH3 is 1. The standard InChI is InChI=1S/C13H26O.C12H15N.C11H12O.C11H12S.2C11H16.C9H12.C8H16Si.C7H10O.C7H10S.2C7H16.C6H12.C5H10.C4H10O.C4H10.C3H8/c1-9(2)12-7-6-11(5)8-13(12)14-10(3)4;1-9(2)11-8-13(3)12-7-5-4-6-10(11)12;2*1-8(2)10-7-12-11-6-4-3-5-9(10)11;2*1-8(2)11-6-9(3)5-10(4)7-11;1-8(2)9-6-4-3-5-7-9;1-8(2)6-7-9(3,4)5;2*1-6(2)7-3-4-8-5-7;1-6(2)7(3,4)5;1-4-5-6-7(2)3;1-4-5-6(2)3;1-4-5(2)3;1-4(2)5-3;1-4(2)3;1-3-2/h9-13H,6-8H2,1-5H3;4-9H,1-3H3;2*3-8H,1-2H3;2*5-8H,1-4H3;3-8H,1-2H3;8H,1-5H3;2*3-6H,1-2H3;6H,1-5H3;7H,4-6H2,1-3H3;4,6H,1,5H2,2-3H3;4-5H,1H2,2-3H3;4H,1-3H3;4H,1-3H3;3H2,1-2H3/t11-,12+,13-;;;;;;;;;;;;;;;;/m1................/s1. The number of thiophene rings is 2. The summed E-state index contributed by atoms with van der Waals surface area (Å²) < 4.78 is 24.7. The van der Waals surface area contributed by atoms with Crippen molar-refractivity contribution in [1.29, 1.82) is 0 Å². The van der Waals surface area contributed by atoms with Crippen molar-refractivity contribution in [2.24, 2.45) is 65.7 Å². The van der Waals surface area contributed by atoms with Crippen LogP contribution in [-0.2, 0) is 16.5 Å². The molecule has 0 aliphatic heterocycles. The number of fused-ring (bicyclic) bond motifs is 3. The number of hydrogen-bond acceptors (Lipinski definition) is 6. The van der Waals surface area contributed by atoms with Crippen LogP contribution in [0.15, 0.2) is 227 Å². The molecule has 11 aromatic rings. The van der Waals surface area contributed by atoms with Crippen LogP contribution in [0, 0.1) is 97.8 Å². The lowest BCUT2D eigenvalue weighted by molar-refractivity contribution is -0.0672. The van der Waals surface area contributed by atoms with Gasteiger partial charge in [-0.05, 0) is 266 Å². The zero-order chi connectivity index (χ0) is 112. The molecular formula is C136H227NO4S2Si. The molecule has 0 amide bonds. The molecule has 0 unspecified atom stereocenters. The SMILES string of the molecule is C=CC(C)C.C=CCC(C)C.CC(C)C.CC(C)C#C[Si](C)(C)C.CC(C)C(C)(C)C.CC(C)O[C@@H]1C[C@H](C)CC[C@H]1C(C)C.CC(C)c1ccccc1.CC(C)c1ccoc1.CC(C)c1ccsc1.CC(C)c1cn(C)c2ccccc12.CC(C)c1coc2ccccc12.CC(C)c1csc2ccccc12.CCC.CCCCC(C)C.COC(C)C.Cc1cc(C)cc(C(C)C)c1.Cc1cc(C)cc(C(C)C)c1. The minimum absolute atomic E-state index is 0.381. The maximum atomic E-state index is 6.04. The summed E-state index contributed by atoms with van der Waals surface area (Å²) in [7, 11) is 2.72. The van der Waals surface area contributed by atoms with Crippen LogP contribution in [0.4, 0.5) is 0 Å². The smallest absolute Gasteiger partial charge is 0.134 e. The van der Waals surface area contributed by atoms with Gasteiger partial charge in [-0.25, -0.2) is 0 Å². The summed E-state index contributed by atoms with van der Waals surface area (Å²) >= 11 is 3.61. The van der Waals surface area contributed by atoms with Crippen molar-refractivity contribution < 1.29 is 18.3 Å². The van der Waals surface area contributed by atoms with Crippen LogP contribution in [0.25, 0.3) is 32.0 Å². The first-order valence-electron chi connectivity index (χ1n) is 55.6. The van der Waals surface area contributed by atoms with Crippen LogP contribution < -0.4 is 0 Å². The van der Waals surface area contributed by atoms with Crippen LogP contribution in [0.1, 0.15) is 456 Å². The van der Waals surface area contributed by atoms with E-state index >= 15 is 0 Å². The van der Waals surface area contributed by atoms with E-state index in [4.69, 9.17) is 18.3 Å². The Morgan fingerprint density at radius 3 is 1.24 bits per heavy atom. The molecule has 1 fully saturated rings. The van der Waals surface area contributed by atoms with Gasteiger partial charge in [-0.2, -0.15) is 11.3 Å². The monoisotopic (exact) mass is 2030 g/mol. The largest absolute Gasteiger partial charge is 0.472 e. The van der Waals surface area contributed by atoms with Gasteiger partial charge < -0.3 is 22.9 Å². The molecule has 5 aromatic heterocycles. The van der Waals surface area contributed by atoms with Crippen LogP contribution in [0.5, 0.6) is 0 Å². The van der Waals surface area contributed by atoms with E-state index in [0.717, 1.165) is 53.4 Å². The molecule has 5 heterocycles. The van der Waals surface area contributed by atoms with E-state index in [2.05, 4.69) is 504 Å². The van der Waals surface area contributed by atoms with E-state index in [1.165, 1.54) is 138 Å². The van der Waals surface area contributed by atoms with Crippen LogP contribution in [0.2, 0.25) is 19.6 Å². The van der Waals surface area contributed by atoms with Gasteiger partial charge in [0.05, 0.1) is 37.1 Å². The molecule has 12 rings (SSSR count). The molecule has 0 spiro atoms. The highest BCUT2D eigenvalue weighted by molar-refractivity contribution is 7.17. The average molecular weight is 2030 g/mol. The number of furan rings is 2. The summed E-state index contributed by atoms with van der Waals surface area (Å²) in [6, 6.07) is 53.5. The van der Waals surface area contributed by atoms with E-state index in [1.54, 1.807) is 31.0 Å². The molecule has 144 heavy (non-hydrogen) atoms. The Bertz CT molecular complexity index is 4660. The van der Waals surface area contributed by atoms with Crippen LogP contribution >= 0.6 is 22.7 Å². The van der Waals surface area contributed by atoms with Gasteiger partial charge >= 0.3 is 0 Å². The fourth-order valence-electron chi connectivity index (χ4n) is 13.4. The summed E-state index contributed by atoms with van der Waals surface area (Å²) in [6.45, 7) is 115. The molecule has 5 nitrogen and oxygen atoms in total. The zero-order valence-electron chi connectivity index (χ0n) is 103. The number of rotatable bonds is 18. The predicted molar refractivity (Wildman–Crippen MR) is 664 cm³/mol. The molecule has 3 atom stereocenters. The van der Waals surface area contributed by atoms with Crippen molar-refractivity contribution in [3.8, 4) is 11.5 Å². The lowest BCUT2D eigenvalue weighted by atomic mass is 9.75. The van der Waals surface area contributed by atoms with Crippen molar-refractivity contribution in [3.05, 3.63) is 285 Å². The Balaban J connectivity index is -0.000000481. The summed E-state index contributed by atoms with van der Waals surface area (Å²) in [5, 5.41) is 10.7. The number of benzene rings is 6. The van der Waals surface area contributed by atoms with Crippen molar-refractivity contribution in [3.63, 3.8) is 0 Å². The van der Waals surface area contributed by atoms with Crippen molar-refractivity contribution in [2.45, 2.75) is 455 Å². The minimum Gasteiger partial charge on any atom is -0.472 e. The van der Waals surface area contributed by atoms with Gasteiger partial charge in [0.1, 0.15) is 13.7 Å². The normalized spacial score (nSPS) is 12.8. The number of nitrogens with zero attached hydrogens (tertiary/aromatic N) is 1. The number of aromatic nitrogens is 1. The molecular weight excluding hydrogens is 1800 g/mol. The van der Waals surface area contributed by atoms with E-state index in [-0.39, 0.29) is 0 Å². The van der Waals surface area contributed by atoms with Gasteiger partial charge in [0, 0.05) is 52.8 Å². The number of hydrogen-bond donors (Lipinski definition) is 0. The zero-order valence-corrected chi connectivity index (χ0v) is 106. The van der Waals surface area contributed by atoms with Gasteiger partial charge in [-0.3, -0.25) is 0 Å². The first-order valence-corrected chi connectivity index (χ1v) is 61.0. The third-order valence-corrected chi connectivity index (χ3v) is 25.7. The third-order valence-electron chi connectivity index (χ3n) is 23.1. The molecule has 1 aliphatic rings. The molecule has 0 N–H and O–H groups in total. The molecule has 816 valence electrons. The summed E-state index contributed by atoms with van der Waals surface area (Å²) in [5.41, 5.74) is 22.9. The van der Waals surface area contributed by atoms with Crippen molar-refractivity contribution in [1.82, 2.24) is 4.57 Å². The quantitative estimate of drug-likeness (QED) is 0.0488. The Hall–Kier alpha value is -7.48. The molecule has 0 saturated heterocycles. The van der Waals surface area contributed by atoms with E-state index in [0.29, 0.717) is 82.9 Å². The second-order valence-corrected chi connectivity index (χ2v) is 53.5. The number of unbranched alkanes of at least 4 members (excludes halogenated alkanes) is 1. The Morgan fingerprint density at radius 1 is 0.493 bits per heavy atom. The average Bonchev–Trinajstić information content (AvgIpc) is 1.65. The van der Waals surface area contributed by atoms with E-state index < -0.39 is 8.07 Å². The van der Waals surface area contributed by atoms with Gasteiger partial charge in [-0.15, -0.1) is 36.0 Å². The number of allylic oxidation sites excluding steroid dienone is 2. The lowest BCUT2D eigenvalue weighted by Gasteiger charge is -2.38. The molecule has 1 saturated carbocycles. The van der Waals surface area contributed by atoms with Crippen LogP contribution in [0.3, 0.4) is 0 Å². The van der Waals surface area contributed by atoms with Gasteiger partial charge in [0.15, 0.2) is 0 Å². The lowest BCUT2D eigenvalue weighted by Crippen LogP contribution is -2.35. The molecule has 8 heteroatoms. The van der Waals surface area contributed by atoms with E-state index in [9.17, 15) is 0 Å². The second kappa shape index (κ2) is 83.4. The maximum Gasteiger partial charge on any atom is 0.134 e. The van der Waals surface area contributed by atoms with Crippen molar-refractivity contribution >= 4 is 62.7 Å². The van der Waals surface area contributed by atoms with Gasteiger partial charge in [0.2, 0.25) is 0 Å². The first-order chi connectivity index (χ1) is 67.0. The molecule has 1 aliphatic carbocycles. The third kappa shape index (κ3) is 76.1. The molecule has 0 bridgehead atoms. The Labute approximate surface area is 903 Å². The summed E-state index contributed by atoms with van der Waals surface area (Å²) in [6.07, 6.45) is 23.3. The van der Waals surface area contributed by atoms with Crippen molar-refractivity contribution in [2.75, 3.05) is 7.11 Å². The second-order valence-electron chi connectivity index (χ2n) is 47.1. The van der Waals surface area contributed by atoms with Gasteiger partial charge in [-0.1, -0.05) is 471 Å². The number of ether oxygens (including phenoxy) is 2. The van der Waals surface area contributed by atoms with E-state index in [1.807, 2.05) is 73.9 Å². The Morgan fingerprint density at radius 2 is 0.924 bits per heavy atom. The highest BCUT2D eigenvalue weighted by atomic mass is 32.1. The predicted octanol–water partition coefficient (Wildman–Crippen LogP) is 45.9. The Kier molecular flexibility index (Phi) is 83.9. The van der Waals surface area contributed by atoms with Gasteiger partial charge in [0.25, 0.3) is 0 Å². The topological polar surface area (TPSA) is 49.7 Å².